The minimum absolute atomic E-state index is 0.680. The third-order valence-corrected chi connectivity index (χ3v) is 2.31. The highest BCUT2D eigenvalue weighted by Crippen LogP contribution is 2.28. The van der Waals surface area contributed by atoms with Gasteiger partial charge < -0.3 is 15.2 Å². The molecule has 0 bridgehead atoms. The highest BCUT2D eigenvalue weighted by atomic mass is 32.2. The Balaban J connectivity index is 2.65. The summed E-state index contributed by atoms with van der Waals surface area (Å²) in [6, 6.07) is 5.39. The summed E-state index contributed by atoms with van der Waals surface area (Å²) in [5, 5.41) is 0. The number of ether oxygens (including phenoxy) is 2. The van der Waals surface area contributed by atoms with E-state index < -0.39 is 0 Å². The molecular weight excluding hydrogens is 198 g/mol. The molecule has 0 aromatic heterocycles. The number of rotatable bonds is 5. The van der Waals surface area contributed by atoms with Crippen LogP contribution in [0.3, 0.4) is 0 Å². The second kappa shape index (κ2) is 5.65. The van der Waals surface area contributed by atoms with Crippen molar-refractivity contribution in [3.8, 4) is 11.5 Å². The molecule has 0 heterocycles. The lowest BCUT2D eigenvalue weighted by Gasteiger charge is -2.10. The van der Waals surface area contributed by atoms with Crippen LogP contribution < -0.4 is 15.2 Å². The average molecular weight is 213 g/mol. The summed E-state index contributed by atoms with van der Waals surface area (Å²) in [6.07, 6.45) is 2.05. The van der Waals surface area contributed by atoms with Crippen LogP contribution in [0.15, 0.2) is 18.2 Å². The van der Waals surface area contributed by atoms with Gasteiger partial charge in [0.2, 0.25) is 0 Å². The number of hydrogen-bond acceptors (Lipinski definition) is 4. The summed E-state index contributed by atoms with van der Waals surface area (Å²) in [6.45, 7) is 0.682. The first kappa shape index (κ1) is 11.0. The van der Waals surface area contributed by atoms with Crippen LogP contribution in [0.5, 0.6) is 11.5 Å². The van der Waals surface area contributed by atoms with E-state index in [4.69, 9.17) is 15.2 Å². The van der Waals surface area contributed by atoms with E-state index in [1.807, 2.05) is 12.3 Å². The summed E-state index contributed by atoms with van der Waals surface area (Å²) in [5.74, 6) is 2.40. The molecule has 4 heteroatoms. The van der Waals surface area contributed by atoms with Crippen molar-refractivity contribution in [2.45, 2.75) is 0 Å². The van der Waals surface area contributed by atoms with E-state index in [-0.39, 0.29) is 0 Å². The van der Waals surface area contributed by atoms with Gasteiger partial charge in [0.25, 0.3) is 0 Å². The molecule has 0 radical (unpaired) electrons. The minimum Gasteiger partial charge on any atom is -0.493 e. The van der Waals surface area contributed by atoms with Crippen LogP contribution in [0.2, 0.25) is 0 Å². The molecule has 78 valence electrons. The van der Waals surface area contributed by atoms with Gasteiger partial charge in [-0.25, -0.2) is 0 Å². The van der Waals surface area contributed by atoms with E-state index >= 15 is 0 Å². The smallest absolute Gasteiger partial charge is 0.162 e. The Morgan fingerprint density at radius 3 is 2.79 bits per heavy atom. The second-order valence-corrected chi connectivity index (χ2v) is 3.74. The Hall–Kier alpha value is -1.03. The topological polar surface area (TPSA) is 44.5 Å². The van der Waals surface area contributed by atoms with Gasteiger partial charge in [-0.05, 0) is 18.4 Å². The van der Waals surface area contributed by atoms with Crippen molar-refractivity contribution < 1.29 is 9.47 Å². The molecular formula is C10H15NO2S. The Morgan fingerprint density at radius 2 is 2.14 bits per heavy atom. The predicted octanol–water partition coefficient (Wildman–Crippen LogP) is 2.02. The van der Waals surface area contributed by atoms with E-state index in [1.165, 1.54) is 0 Å². The number of nitrogen functional groups attached to an aromatic ring is 1. The van der Waals surface area contributed by atoms with E-state index in [0.29, 0.717) is 18.0 Å². The summed E-state index contributed by atoms with van der Waals surface area (Å²) < 4.78 is 10.7. The molecule has 2 N–H and O–H groups in total. The van der Waals surface area contributed by atoms with Crippen LogP contribution in [0.4, 0.5) is 5.69 Å². The molecule has 1 aromatic carbocycles. The van der Waals surface area contributed by atoms with Crippen LogP contribution in [0, 0.1) is 0 Å². The fraction of sp³-hybridized carbons (Fsp3) is 0.400. The molecule has 14 heavy (non-hydrogen) atoms. The van der Waals surface area contributed by atoms with Gasteiger partial charge in [0, 0.05) is 17.5 Å². The largest absolute Gasteiger partial charge is 0.493 e. The van der Waals surface area contributed by atoms with Crippen molar-refractivity contribution >= 4 is 17.4 Å². The lowest BCUT2D eigenvalue weighted by molar-refractivity contribution is 0.314. The molecule has 3 nitrogen and oxygen atoms in total. The molecule has 0 fully saturated rings. The zero-order valence-electron chi connectivity index (χ0n) is 8.45. The molecule has 0 amide bonds. The number of methoxy groups -OCH3 is 1. The van der Waals surface area contributed by atoms with Crippen molar-refractivity contribution in [3.05, 3.63) is 18.2 Å². The summed E-state index contributed by atoms with van der Waals surface area (Å²) >= 11 is 1.75. The maximum atomic E-state index is 5.62. The molecule has 0 unspecified atom stereocenters. The van der Waals surface area contributed by atoms with Crippen LogP contribution in [0.1, 0.15) is 0 Å². The van der Waals surface area contributed by atoms with Gasteiger partial charge in [-0.15, -0.1) is 0 Å². The number of nitrogens with two attached hydrogens (primary N) is 1. The second-order valence-electron chi connectivity index (χ2n) is 2.75. The van der Waals surface area contributed by atoms with Crippen LogP contribution in [0.25, 0.3) is 0 Å². The standard InChI is InChI=1S/C10H15NO2S/c1-12-10-7-8(11)3-4-9(10)13-5-6-14-2/h3-4,7H,5-6,11H2,1-2H3. The zero-order valence-corrected chi connectivity index (χ0v) is 9.26. The SMILES string of the molecule is COc1cc(N)ccc1OCCSC. The highest BCUT2D eigenvalue weighted by molar-refractivity contribution is 7.98. The quantitative estimate of drug-likeness (QED) is 0.600. The molecule has 1 rings (SSSR count). The third-order valence-electron chi connectivity index (χ3n) is 1.73. The minimum atomic E-state index is 0.680. The summed E-state index contributed by atoms with van der Waals surface area (Å²) in [5.41, 5.74) is 6.30. The molecule has 0 saturated heterocycles. The number of benzene rings is 1. The van der Waals surface area contributed by atoms with E-state index in [0.717, 1.165) is 11.5 Å². The van der Waals surface area contributed by atoms with Gasteiger partial charge >= 0.3 is 0 Å². The summed E-state index contributed by atoms with van der Waals surface area (Å²) in [4.78, 5) is 0. The van der Waals surface area contributed by atoms with Gasteiger partial charge in [0.15, 0.2) is 11.5 Å². The molecule has 0 atom stereocenters. The van der Waals surface area contributed by atoms with Gasteiger partial charge in [0.1, 0.15) is 0 Å². The molecule has 1 aromatic rings. The maximum Gasteiger partial charge on any atom is 0.162 e. The van der Waals surface area contributed by atoms with Gasteiger partial charge in [-0.2, -0.15) is 11.8 Å². The molecule has 0 aliphatic carbocycles. The first-order valence-corrected chi connectivity index (χ1v) is 5.72. The molecule has 0 aliphatic rings. The number of anilines is 1. The molecule has 0 saturated carbocycles. The van der Waals surface area contributed by atoms with Crippen molar-refractivity contribution in [1.29, 1.82) is 0 Å². The van der Waals surface area contributed by atoms with Gasteiger partial charge in [-0.1, -0.05) is 0 Å². The van der Waals surface area contributed by atoms with Crippen LogP contribution >= 0.6 is 11.8 Å². The van der Waals surface area contributed by atoms with Gasteiger partial charge in [-0.3, -0.25) is 0 Å². The zero-order chi connectivity index (χ0) is 10.4. The maximum absolute atomic E-state index is 5.62. The Morgan fingerprint density at radius 1 is 1.36 bits per heavy atom. The van der Waals surface area contributed by atoms with E-state index in [2.05, 4.69) is 0 Å². The van der Waals surface area contributed by atoms with Crippen molar-refractivity contribution in [1.82, 2.24) is 0 Å². The van der Waals surface area contributed by atoms with Crippen LogP contribution in [-0.2, 0) is 0 Å². The van der Waals surface area contributed by atoms with E-state index in [1.54, 1.807) is 31.0 Å². The Bertz CT molecular complexity index is 291. The van der Waals surface area contributed by atoms with Crippen molar-refractivity contribution in [3.63, 3.8) is 0 Å². The first-order valence-electron chi connectivity index (χ1n) is 4.33. The first-order chi connectivity index (χ1) is 6.77. The normalized spacial score (nSPS) is 9.86. The summed E-state index contributed by atoms with van der Waals surface area (Å²) in [7, 11) is 1.61. The number of hydrogen-bond donors (Lipinski definition) is 1. The lowest BCUT2D eigenvalue weighted by Crippen LogP contribution is -2.01. The fourth-order valence-corrected chi connectivity index (χ4v) is 1.29. The van der Waals surface area contributed by atoms with Crippen LogP contribution in [-0.4, -0.2) is 25.7 Å². The van der Waals surface area contributed by atoms with Gasteiger partial charge in [0.05, 0.1) is 13.7 Å². The monoisotopic (exact) mass is 213 g/mol. The Labute approximate surface area is 88.6 Å². The number of thioether (sulfide) groups is 1. The van der Waals surface area contributed by atoms with Crippen molar-refractivity contribution in [2.24, 2.45) is 0 Å². The highest BCUT2D eigenvalue weighted by Gasteiger charge is 2.03. The average Bonchev–Trinajstić information content (AvgIpc) is 2.20. The van der Waals surface area contributed by atoms with Crippen molar-refractivity contribution in [2.75, 3.05) is 31.5 Å². The Kier molecular flexibility index (Phi) is 4.46. The third kappa shape index (κ3) is 3.03. The molecule has 0 aliphatic heterocycles. The molecule has 0 spiro atoms. The fourth-order valence-electron chi connectivity index (χ4n) is 1.04. The lowest BCUT2D eigenvalue weighted by atomic mass is 10.3. The van der Waals surface area contributed by atoms with E-state index in [9.17, 15) is 0 Å². The predicted molar refractivity (Wildman–Crippen MR) is 61.3 cm³/mol.